The molecule has 0 fully saturated rings. The number of sulfone groups is 1. The van der Waals surface area contributed by atoms with Gasteiger partial charge in [-0.25, -0.2) is 17.2 Å². The fourth-order valence-corrected chi connectivity index (χ4v) is 3.04. The summed E-state index contributed by atoms with van der Waals surface area (Å²) in [5.41, 5.74) is 1.04. The third-order valence-corrected chi connectivity index (χ3v) is 4.95. The zero-order valence-corrected chi connectivity index (χ0v) is 13.6. The van der Waals surface area contributed by atoms with Gasteiger partial charge in [-0.15, -0.1) is 0 Å². The Bertz CT molecular complexity index is 915. The normalized spacial score (nSPS) is 11.8. The summed E-state index contributed by atoms with van der Waals surface area (Å²) in [5.74, 6) is -1.46. The van der Waals surface area contributed by atoms with Gasteiger partial charge < -0.3 is 5.32 Å². The number of nitrogens with one attached hydrogen (secondary N) is 1. The van der Waals surface area contributed by atoms with Gasteiger partial charge in [-0.3, -0.25) is 0 Å². The Morgan fingerprint density at radius 2 is 1.88 bits per heavy atom. The Hall–Kier alpha value is -2.72. The van der Waals surface area contributed by atoms with Gasteiger partial charge in [-0.1, -0.05) is 23.8 Å². The van der Waals surface area contributed by atoms with E-state index in [-0.39, 0.29) is 17.0 Å². The first-order valence-corrected chi connectivity index (χ1v) is 8.42. The standard InChI is InChI=1S/C17H14F2N2O2S/c1-12-2-6-15(7-3-12)24(22,23)16(9-20)11-21-10-13-4-5-14(18)8-17(13)19/h2-8,11,21H,10H2,1H3/b16-11-. The fourth-order valence-electron chi connectivity index (χ4n) is 1.93. The summed E-state index contributed by atoms with van der Waals surface area (Å²) in [5, 5.41) is 11.7. The van der Waals surface area contributed by atoms with Crippen LogP contribution in [-0.4, -0.2) is 8.42 Å². The lowest BCUT2D eigenvalue weighted by Gasteiger charge is -2.06. The maximum Gasteiger partial charge on any atom is 0.218 e. The highest BCUT2D eigenvalue weighted by atomic mass is 32.2. The van der Waals surface area contributed by atoms with Crippen molar-refractivity contribution in [1.29, 1.82) is 5.26 Å². The second kappa shape index (κ2) is 7.23. The molecule has 0 spiro atoms. The van der Waals surface area contributed by atoms with Crippen LogP contribution in [-0.2, 0) is 16.4 Å². The molecule has 7 heteroatoms. The van der Waals surface area contributed by atoms with Gasteiger partial charge in [0.2, 0.25) is 9.84 Å². The minimum absolute atomic E-state index is 0.00402. The number of halogens is 2. The van der Waals surface area contributed by atoms with E-state index in [1.807, 2.05) is 6.92 Å². The molecule has 0 saturated heterocycles. The molecule has 0 radical (unpaired) electrons. The molecule has 0 amide bonds. The number of benzene rings is 2. The van der Waals surface area contributed by atoms with E-state index in [0.29, 0.717) is 0 Å². The summed E-state index contributed by atoms with van der Waals surface area (Å²) in [6.45, 7) is 1.73. The van der Waals surface area contributed by atoms with Gasteiger partial charge in [-0.2, -0.15) is 5.26 Å². The maximum absolute atomic E-state index is 13.5. The van der Waals surface area contributed by atoms with Crippen molar-refractivity contribution in [3.8, 4) is 6.07 Å². The van der Waals surface area contributed by atoms with E-state index in [2.05, 4.69) is 5.32 Å². The first kappa shape index (κ1) is 17.6. The number of allylic oxidation sites excluding steroid dienone is 1. The van der Waals surface area contributed by atoms with E-state index < -0.39 is 26.4 Å². The maximum atomic E-state index is 13.5. The molecular formula is C17H14F2N2O2S. The smallest absolute Gasteiger partial charge is 0.218 e. The van der Waals surface area contributed by atoms with E-state index in [4.69, 9.17) is 5.26 Å². The van der Waals surface area contributed by atoms with Crippen LogP contribution in [0.3, 0.4) is 0 Å². The van der Waals surface area contributed by atoms with Crippen molar-refractivity contribution in [2.75, 3.05) is 0 Å². The molecule has 1 N–H and O–H groups in total. The molecule has 0 aliphatic rings. The molecule has 0 heterocycles. The van der Waals surface area contributed by atoms with Gasteiger partial charge in [0, 0.05) is 24.4 Å². The van der Waals surface area contributed by atoms with E-state index in [9.17, 15) is 17.2 Å². The average molecular weight is 348 g/mol. The lowest BCUT2D eigenvalue weighted by atomic mass is 10.2. The predicted molar refractivity (Wildman–Crippen MR) is 85.3 cm³/mol. The lowest BCUT2D eigenvalue weighted by Crippen LogP contribution is -2.11. The van der Waals surface area contributed by atoms with Crippen LogP contribution in [0.4, 0.5) is 8.78 Å². The van der Waals surface area contributed by atoms with Gasteiger partial charge in [-0.05, 0) is 25.1 Å². The second-order valence-electron chi connectivity index (χ2n) is 5.05. The Morgan fingerprint density at radius 1 is 1.21 bits per heavy atom. The van der Waals surface area contributed by atoms with Crippen molar-refractivity contribution in [3.05, 3.63) is 76.3 Å². The van der Waals surface area contributed by atoms with Crippen LogP contribution in [0.2, 0.25) is 0 Å². The number of hydrogen-bond acceptors (Lipinski definition) is 4. The number of aryl methyl sites for hydroxylation is 1. The van der Waals surface area contributed by atoms with E-state index in [1.54, 1.807) is 18.2 Å². The summed E-state index contributed by atoms with van der Waals surface area (Å²) < 4.78 is 51.1. The van der Waals surface area contributed by atoms with Gasteiger partial charge in [0.25, 0.3) is 0 Å². The Morgan fingerprint density at radius 3 is 2.46 bits per heavy atom. The highest BCUT2D eigenvalue weighted by Crippen LogP contribution is 2.19. The number of rotatable bonds is 5. The van der Waals surface area contributed by atoms with Gasteiger partial charge in [0.15, 0.2) is 4.91 Å². The Kier molecular flexibility index (Phi) is 5.31. The molecule has 0 aliphatic heterocycles. The molecule has 2 aromatic carbocycles. The number of nitrogens with zero attached hydrogens (tertiary/aromatic N) is 1. The molecule has 0 saturated carbocycles. The van der Waals surface area contributed by atoms with Crippen LogP contribution in [0, 0.1) is 29.9 Å². The predicted octanol–water partition coefficient (Wildman–Crippen LogP) is 3.20. The molecule has 0 aliphatic carbocycles. The van der Waals surface area contributed by atoms with Crippen molar-refractivity contribution >= 4 is 9.84 Å². The lowest BCUT2D eigenvalue weighted by molar-refractivity contribution is 0.568. The summed E-state index contributed by atoms with van der Waals surface area (Å²) in [6, 6.07) is 10.8. The molecule has 124 valence electrons. The minimum atomic E-state index is -3.96. The van der Waals surface area contributed by atoms with Crippen molar-refractivity contribution in [3.63, 3.8) is 0 Å². The zero-order chi connectivity index (χ0) is 17.7. The topological polar surface area (TPSA) is 70.0 Å². The van der Waals surface area contributed by atoms with Gasteiger partial charge in [0.1, 0.15) is 17.7 Å². The zero-order valence-electron chi connectivity index (χ0n) is 12.8. The molecular weight excluding hydrogens is 334 g/mol. The first-order valence-electron chi connectivity index (χ1n) is 6.94. The van der Waals surface area contributed by atoms with Crippen molar-refractivity contribution in [2.45, 2.75) is 18.4 Å². The highest BCUT2D eigenvalue weighted by molar-refractivity contribution is 7.95. The minimum Gasteiger partial charge on any atom is -0.385 e. The first-order chi connectivity index (χ1) is 11.3. The van der Waals surface area contributed by atoms with Crippen LogP contribution < -0.4 is 5.32 Å². The summed E-state index contributed by atoms with van der Waals surface area (Å²) in [4.78, 5) is -0.496. The van der Waals surface area contributed by atoms with Crippen LogP contribution in [0.25, 0.3) is 0 Å². The van der Waals surface area contributed by atoms with Crippen LogP contribution in [0.15, 0.2) is 58.5 Å². The Balaban J connectivity index is 2.20. The molecule has 0 atom stereocenters. The van der Waals surface area contributed by atoms with Crippen LogP contribution >= 0.6 is 0 Å². The number of hydrogen-bond donors (Lipinski definition) is 1. The van der Waals surface area contributed by atoms with Gasteiger partial charge in [0.05, 0.1) is 4.90 Å². The third-order valence-electron chi connectivity index (χ3n) is 3.27. The molecule has 0 bridgehead atoms. The average Bonchev–Trinajstić information content (AvgIpc) is 2.53. The molecule has 0 aromatic heterocycles. The molecule has 24 heavy (non-hydrogen) atoms. The van der Waals surface area contributed by atoms with Crippen molar-refractivity contribution in [1.82, 2.24) is 5.32 Å². The van der Waals surface area contributed by atoms with Crippen molar-refractivity contribution < 1.29 is 17.2 Å². The highest BCUT2D eigenvalue weighted by Gasteiger charge is 2.20. The Labute approximate surface area is 139 Å². The largest absolute Gasteiger partial charge is 0.385 e. The molecule has 0 unspecified atom stereocenters. The summed E-state index contributed by atoms with van der Waals surface area (Å²) in [6.07, 6.45) is 1.01. The summed E-state index contributed by atoms with van der Waals surface area (Å²) >= 11 is 0. The van der Waals surface area contributed by atoms with Crippen LogP contribution in [0.1, 0.15) is 11.1 Å². The number of nitriles is 1. The van der Waals surface area contributed by atoms with E-state index in [0.717, 1.165) is 23.9 Å². The quantitative estimate of drug-likeness (QED) is 0.843. The molecule has 2 aromatic rings. The monoisotopic (exact) mass is 348 g/mol. The molecule has 4 nitrogen and oxygen atoms in total. The second-order valence-corrected chi connectivity index (χ2v) is 6.97. The fraction of sp³-hybridized carbons (Fsp3) is 0.118. The van der Waals surface area contributed by atoms with Gasteiger partial charge >= 0.3 is 0 Å². The van der Waals surface area contributed by atoms with Crippen LogP contribution in [0.5, 0.6) is 0 Å². The van der Waals surface area contributed by atoms with Crippen molar-refractivity contribution in [2.24, 2.45) is 0 Å². The summed E-state index contributed by atoms with van der Waals surface area (Å²) in [7, 11) is -3.96. The SMILES string of the molecule is Cc1ccc(S(=O)(=O)/C(C#N)=C\NCc2ccc(F)cc2F)cc1. The molecule has 2 rings (SSSR count). The van der Waals surface area contributed by atoms with E-state index in [1.165, 1.54) is 18.2 Å². The van der Waals surface area contributed by atoms with E-state index >= 15 is 0 Å². The third kappa shape index (κ3) is 3.97.